The Balaban J connectivity index is 1.21. The summed E-state index contributed by atoms with van der Waals surface area (Å²) in [5.74, 6) is 0.0997. The molecule has 3 saturated carbocycles. The summed E-state index contributed by atoms with van der Waals surface area (Å²) < 4.78 is 54.1. The maximum Gasteiger partial charge on any atom is 0.482 e. The molecule has 2 aromatic rings. The van der Waals surface area contributed by atoms with Gasteiger partial charge >= 0.3 is 13.3 Å². The normalized spacial score (nSPS) is 30.1. The lowest BCUT2D eigenvalue weighted by Crippen LogP contribution is -2.65. The predicted octanol–water partition coefficient (Wildman–Crippen LogP) is 5.43. The van der Waals surface area contributed by atoms with E-state index < -0.39 is 47.4 Å². The molecule has 2 N–H and O–H groups in total. The van der Waals surface area contributed by atoms with Gasteiger partial charge in [-0.2, -0.15) is 13.2 Å². The number of carbonyl (C=O) groups excluding carboxylic acids is 1. The van der Waals surface area contributed by atoms with Gasteiger partial charge in [-0.1, -0.05) is 45.9 Å². The molecule has 44 heavy (non-hydrogen) atoms. The molecule has 0 radical (unpaired) electrons. The average Bonchev–Trinajstić information content (AvgIpc) is 3.45. The van der Waals surface area contributed by atoms with Crippen LogP contribution in [-0.2, 0) is 32.2 Å². The van der Waals surface area contributed by atoms with Crippen LogP contribution in [0, 0.1) is 17.3 Å². The molecule has 1 amide bonds. The molecule has 3 heterocycles. The monoisotopic (exact) mass is 612 g/mol. The zero-order chi connectivity index (χ0) is 31.8. The SMILES string of the molecule is C=CC[C@H](NC(=O)[C@@H]1CC(C)(C)c2cnc(NCc3cccc(C(F)(F)F)c3)c(=O)n21)B1O[C@@H]2C[C@@H]3C[C@@H](C3(C)C)[C@]2(C)O1. The fourth-order valence-electron chi connectivity index (χ4n) is 8.10. The number of halogens is 3. The van der Waals surface area contributed by atoms with Crippen LogP contribution in [0.4, 0.5) is 19.0 Å². The first kappa shape index (κ1) is 30.9. The average molecular weight is 613 g/mol. The minimum absolute atomic E-state index is 0.0367. The number of rotatable bonds is 8. The molecule has 7 rings (SSSR count). The highest BCUT2D eigenvalue weighted by Gasteiger charge is 2.68. The van der Waals surface area contributed by atoms with Gasteiger partial charge in [-0.15, -0.1) is 6.58 Å². The summed E-state index contributed by atoms with van der Waals surface area (Å²) in [5.41, 5.74) is -1.08. The van der Waals surface area contributed by atoms with Crippen molar-refractivity contribution in [1.29, 1.82) is 0 Å². The molecule has 4 fully saturated rings. The molecule has 12 heteroatoms. The van der Waals surface area contributed by atoms with Crippen LogP contribution < -0.4 is 16.2 Å². The maximum atomic E-state index is 13.9. The Kier molecular flexibility index (Phi) is 7.35. The summed E-state index contributed by atoms with van der Waals surface area (Å²) in [4.78, 5) is 31.9. The van der Waals surface area contributed by atoms with Crippen LogP contribution in [0.2, 0.25) is 0 Å². The van der Waals surface area contributed by atoms with Crippen molar-refractivity contribution >= 4 is 18.8 Å². The van der Waals surface area contributed by atoms with E-state index in [1.165, 1.54) is 10.6 Å². The third-order valence-corrected chi connectivity index (χ3v) is 10.8. The number of carbonyl (C=O) groups is 1. The van der Waals surface area contributed by atoms with Gasteiger partial charge in [0, 0.05) is 23.9 Å². The standard InChI is InChI=1S/C32H40BF3N4O4/c1-7-9-25(33-43-24-14-20-13-22(30(20,4)5)31(24,6)44-33)39-27(41)21-15-29(2,3)23-17-38-26(28(42)40(21)23)37-16-18-10-8-11-19(12-18)32(34,35)36/h7-8,10-12,17,20-22,24-25H,1,9,13-16H2,2-6H3,(H,37,38)(H,39,41)/t20-,21-,22-,24+,25-,31-/m0/s1. The lowest BCUT2D eigenvalue weighted by Gasteiger charge is -2.64. The molecule has 3 aliphatic carbocycles. The number of hydrogen-bond donors (Lipinski definition) is 2. The number of nitrogens with one attached hydrogen (secondary N) is 2. The summed E-state index contributed by atoms with van der Waals surface area (Å²) in [6, 6.07) is 4.08. The lowest BCUT2D eigenvalue weighted by atomic mass is 9.43. The minimum atomic E-state index is -4.47. The van der Waals surface area contributed by atoms with Crippen LogP contribution in [0.1, 0.15) is 83.2 Å². The molecule has 0 spiro atoms. The lowest BCUT2D eigenvalue weighted by molar-refractivity contribution is -0.199. The summed E-state index contributed by atoms with van der Waals surface area (Å²) in [7, 11) is -0.644. The quantitative estimate of drug-likeness (QED) is 0.305. The van der Waals surface area contributed by atoms with Gasteiger partial charge in [0.05, 0.1) is 23.2 Å². The fraction of sp³-hybridized carbons (Fsp3) is 0.594. The van der Waals surface area contributed by atoms with E-state index in [0.29, 0.717) is 35.9 Å². The summed E-state index contributed by atoms with van der Waals surface area (Å²) >= 11 is 0. The molecule has 5 aliphatic rings. The van der Waals surface area contributed by atoms with Gasteiger partial charge < -0.3 is 19.9 Å². The third kappa shape index (κ3) is 4.98. The van der Waals surface area contributed by atoms with Crippen molar-refractivity contribution in [3.05, 3.63) is 70.3 Å². The van der Waals surface area contributed by atoms with E-state index in [4.69, 9.17) is 9.31 Å². The largest absolute Gasteiger partial charge is 0.482 e. The van der Waals surface area contributed by atoms with E-state index in [-0.39, 0.29) is 29.8 Å². The van der Waals surface area contributed by atoms with Crippen molar-refractivity contribution in [2.24, 2.45) is 17.3 Å². The number of alkyl halides is 3. The molecule has 2 aliphatic heterocycles. The van der Waals surface area contributed by atoms with Gasteiger partial charge in [0.25, 0.3) is 5.56 Å². The predicted molar refractivity (Wildman–Crippen MR) is 161 cm³/mol. The van der Waals surface area contributed by atoms with Crippen LogP contribution in [0.25, 0.3) is 0 Å². The molecule has 6 atom stereocenters. The zero-order valence-electron chi connectivity index (χ0n) is 25.8. The summed E-state index contributed by atoms with van der Waals surface area (Å²) in [6.45, 7) is 14.5. The first-order valence-corrected chi connectivity index (χ1v) is 15.3. The molecule has 1 aromatic heterocycles. The number of nitrogens with zero attached hydrogens (tertiary/aromatic N) is 2. The Morgan fingerprint density at radius 3 is 2.68 bits per heavy atom. The van der Waals surface area contributed by atoms with Crippen molar-refractivity contribution in [3.8, 4) is 0 Å². The van der Waals surface area contributed by atoms with Gasteiger partial charge in [-0.25, -0.2) is 4.98 Å². The first-order chi connectivity index (χ1) is 20.6. The van der Waals surface area contributed by atoms with E-state index in [2.05, 4.69) is 43.0 Å². The first-order valence-electron chi connectivity index (χ1n) is 15.3. The van der Waals surface area contributed by atoms with Crippen molar-refractivity contribution in [2.75, 3.05) is 5.32 Å². The van der Waals surface area contributed by atoms with Crippen LogP contribution in [0.15, 0.2) is 47.9 Å². The van der Waals surface area contributed by atoms with Crippen molar-refractivity contribution < 1.29 is 27.3 Å². The van der Waals surface area contributed by atoms with Crippen LogP contribution >= 0.6 is 0 Å². The Morgan fingerprint density at radius 2 is 2.00 bits per heavy atom. The highest BCUT2D eigenvalue weighted by molar-refractivity contribution is 6.48. The van der Waals surface area contributed by atoms with E-state index in [9.17, 15) is 22.8 Å². The molecule has 2 bridgehead atoms. The second-order valence-electron chi connectivity index (χ2n) is 14.3. The molecular weight excluding hydrogens is 572 g/mol. The number of fused-ring (bicyclic) bond motifs is 1. The van der Waals surface area contributed by atoms with Gasteiger partial charge in [-0.3, -0.25) is 14.2 Å². The van der Waals surface area contributed by atoms with Crippen molar-refractivity contribution in [1.82, 2.24) is 14.9 Å². The van der Waals surface area contributed by atoms with Crippen molar-refractivity contribution in [2.45, 2.75) is 102 Å². The molecular formula is C32H40BF3N4O4. The molecule has 236 valence electrons. The molecule has 1 saturated heterocycles. The van der Waals surface area contributed by atoms with Gasteiger partial charge in [0.2, 0.25) is 5.91 Å². The number of anilines is 1. The Bertz CT molecular complexity index is 1540. The molecule has 8 nitrogen and oxygen atoms in total. The van der Waals surface area contributed by atoms with Crippen LogP contribution in [-0.4, -0.2) is 40.2 Å². The third-order valence-electron chi connectivity index (χ3n) is 10.8. The maximum absolute atomic E-state index is 13.9. The van der Waals surface area contributed by atoms with E-state index in [1.54, 1.807) is 18.3 Å². The summed E-state index contributed by atoms with van der Waals surface area (Å²) in [6.07, 6.45) is 1.61. The Hall–Kier alpha value is -3.12. The number of benzene rings is 1. The Morgan fingerprint density at radius 1 is 1.25 bits per heavy atom. The number of amides is 1. The smallest absolute Gasteiger partial charge is 0.404 e. The van der Waals surface area contributed by atoms with E-state index >= 15 is 0 Å². The molecule has 1 aromatic carbocycles. The Labute approximate surface area is 255 Å². The second kappa shape index (κ2) is 10.5. The summed E-state index contributed by atoms with van der Waals surface area (Å²) in [5, 5.41) is 5.99. The number of aromatic nitrogens is 2. The highest BCUT2D eigenvalue weighted by atomic mass is 19.4. The van der Waals surface area contributed by atoms with Crippen LogP contribution in [0.3, 0.4) is 0 Å². The van der Waals surface area contributed by atoms with Gasteiger partial charge in [0.15, 0.2) is 5.82 Å². The van der Waals surface area contributed by atoms with E-state index in [0.717, 1.165) is 25.0 Å². The highest BCUT2D eigenvalue weighted by Crippen LogP contribution is 2.65. The van der Waals surface area contributed by atoms with E-state index in [1.807, 2.05) is 13.8 Å². The zero-order valence-corrected chi connectivity index (χ0v) is 25.8. The fourth-order valence-corrected chi connectivity index (χ4v) is 8.10. The van der Waals surface area contributed by atoms with Gasteiger partial charge in [0.1, 0.15) is 6.04 Å². The topological polar surface area (TPSA) is 94.5 Å². The molecule has 0 unspecified atom stereocenters. The van der Waals surface area contributed by atoms with Crippen molar-refractivity contribution in [3.63, 3.8) is 0 Å². The number of hydrogen-bond acceptors (Lipinski definition) is 6. The van der Waals surface area contributed by atoms with Gasteiger partial charge in [-0.05, 0) is 67.6 Å². The van der Waals surface area contributed by atoms with Crippen LogP contribution in [0.5, 0.6) is 0 Å². The minimum Gasteiger partial charge on any atom is -0.404 e. The second-order valence-corrected chi connectivity index (χ2v) is 14.3.